The second kappa shape index (κ2) is 7.85. The van der Waals surface area contributed by atoms with E-state index in [-0.39, 0.29) is 36.2 Å². The van der Waals surface area contributed by atoms with Crippen molar-refractivity contribution >= 4 is 5.82 Å². The maximum absolute atomic E-state index is 13.8. The molecule has 0 aliphatic heterocycles. The number of alkyl halides is 5. The van der Waals surface area contributed by atoms with E-state index in [0.717, 1.165) is 18.5 Å². The molecule has 0 spiro atoms. The van der Waals surface area contributed by atoms with Gasteiger partial charge in [-0.1, -0.05) is 13.8 Å². The van der Waals surface area contributed by atoms with Gasteiger partial charge in [0, 0.05) is 48.2 Å². The average Bonchev–Trinajstić information content (AvgIpc) is 2.64. The van der Waals surface area contributed by atoms with Crippen LogP contribution in [0.15, 0.2) is 24.7 Å². The normalized spacial score (nSPS) is 20.9. The molecule has 2 aromatic heterocycles. The zero-order valence-corrected chi connectivity index (χ0v) is 17.2. The molecule has 6 nitrogen and oxygen atoms in total. The number of hydrogen-bond acceptors (Lipinski definition) is 5. The third kappa shape index (κ3) is 4.86. The first kappa shape index (κ1) is 23.1. The molecule has 3 rings (SSSR count). The predicted molar refractivity (Wildman–Crippen MR) is 101 cm³/mol. The zero-order chi connectivity index (χ0) is 23.2. The van der Waals surface area contributed by atoms with E-state index in [1.807, 2.05) is 0 Å². The fourth-order valence-electron chi connectivity index (χ4n) is 3.56. The van der Waals surface area contributed by atoms with Crippen LogP contribution >= 0.6 is 0 Å². The first-order chi connectivity index (χ1) is 14.2. The van der Waals surface area contributed by atoms with Crippen molar-refractivity contribution in [1.82, 2.24) is 9.97 Å². The van der Waals surface area contributed by atoms with Crippen molar-refractivity contribution in [1.29, 1.82) is 0 Å². The van der Waals surface area contributed by atoms with Gasteiger partial charge in [-0.25, -0.2) is 18.7 Å². The smallest absolute Gasteiger partial charge is 0.421 e. The average molecular weight is 446 g/mol. The molecule has 0 aromatic carbocycles. The summed E-state index contributed by atoms with van der Waals surface area (Å²) in [5.41, 5.74) is -1.96. The Labute approximate surface area is 175 Å². The quantitative estimate of drug-likeness (QED) is 0.403. The van der Waals surface area contributed by atoms with Crippen molar-refractivity contribution in [3.05, 3.63) is 52.4 Å². The maximum atomic E-state index is 13.8. The number of aryl methyl sites for hydroxylation is 2. The summed E-state index contributed by atoms with van der Waals surface area (Å²) in [6.45, 7) is 4.16. The lowest BCUT2D eigenvalue weighted by molar-refractivity contribution is -0.606. The Morgan fingerprint density at radius 1 is 1.23 bits per heavy atom. The van der Waals surface area contributed by atoms with Gasteiger partial charge >= 0.3 is 6.18 Å². The third-order valence-electron chi connectivity index (χ3n) is 5.78. The minimum atomic E-state index is -4.70. The standard InChI is InChI=1S/C20H23F5N4O2/c1-18(2)14(8-15(18)30)27-17-13(20(23,24)25)9-26-16(28-17)5-4-11-10-29(31)7-6-12(11)19(3,21)22/h6-7,9-10,14-15,30H,4-5,8H2,1-3H3,(H,26,27,28)/t14-,15-/m0/s1. The minimum Gasteiger partial charge on any atom is -0.619 e. The maximum Gasteiger partial charge on any atom is 0.421 e. The molecule has 1 saturated carbocycles. The number of nitrogens with one attached hydrogen (secondary N) is 1. The largest absolute Gasteiger partial charge is 0.619 e. The second-order valence-corrected chi connectivity index (χ2v) is 8.45. The summed E-state index contributed by atoms with van der Waals surface area (Å²) < 4.78 is 68.2. The molecule has 0 amide bonds. The van der Waals surface area contributed by atoms with Crippen molar-refractivity contribution in [2.75, 3.05) is 5.32 Å². The molecule has 0 saturated heterocycles. The summed E-state index contributed by atoms with van der Waals surface area (Å²) in [7, 11) is 0. The van der Waals surface area contributed by atoms with Gasteiger partial charge in [0.25, 0.3) is 5.92 Å². The van der Waals surface area contributed by atoms with Crippen LogP contribution < -0.4 is 10.0 Å². The fraction of sp³-hybridized carbons (Fsp3) is 0.550. The highest BCUT2D eigenvalue weighted by atomic mass is 19.4. The van der Waals surface area contributed by atoms with Crippen LogP contribution in [0.5, 0.6) is 0 Å². The Bertz CT molecular complexity index is 960. The SMILES string of the molecule is CC(F)(F)c1cc[n+]([O-])cc1CCc1ncc(C(F)(F)F)c(N[C@H]2C[C@H](O)C2(C)C)n1. The molecule has 1 fully saturated rings. The van der Waals surface area contributed by atoms with Crippen LogP contribution in [0.25, 0.3) is 0 Å². The van der Waals surface area contributed by atoms with Gasteiger partial charge in [0.05, 0.1) is 6.10 Å². The van der Waals surface area contributed by atoms with Crippen molar-refractivity contribution in [2.45, 2.75) is 64.3 Å². The number of aromatic nitrogens is 3. The van der Waals surface area contributed by atoms with Crippen LogP contribution in [0, 0.1) is 10.6 Å². The Hall–Kier alpha value is -2.56. The molecule has 1 aliphatic carbocycles. The van der Waals surface area contributed by atoms with E-state index in [2.05, 4.69) is 15.3 Å². The van der Waals surface area contributed by atoms with Crippen molar-refractivity contribution in [3.8, 4) is 0 Å². The third-order valence-corrected chi connectivity index (χ3v) is 5.78. The summed E-state index contributed by atoms with van der Waals surface area (Å²) in [6.07, 6.45) is -2.55. The lowest BCUT2D eigenvalue weighted by atomic mass is 9.64. The Kier molecular flexibility index (Phi) is 5.85. The highest BCUT2D eigenvalue weighted by Crippen LogP contribution is 2.43. The Morgan fingerprint density at radius 3 is 2.45 bits per heavy atom. The van der Waals surface area contributed by atoms with Gasteiger partial charge in [-0.15, -0.1) is 0 Å². The van der Waals surface area contributed by atoms with Crippen molar-refractivity contribution in [2.24, 2.45) is 5.41 Å². The van der Waals surface area contributed by atoms with Gasteiger partial charge in [0.1, 0.15) is 17.2 Å². The van der Waals surface area contributed by atoms with E-state index in [0.29, 0.717) is 17.9 Å². The summed E-state index contributed by atoms with van der Waals surface area (Å²) in [5, 5.41) is 24.1. The molecule has 11 heteroatoms. The Balaban J connectivity index is 1.86. The first-order valence-corrected chi connectivity index (χ1v) is 9.67. The molecule has 0 radical (unpaired) electrons. The van der Waals surface area contributed by atoms with Crippen LogP contribution in [0.2, 0.25) is 0 Å². The molecule has 31 heavy (non-hydrogen) atoms. The van der Waals surface area contributed by atoms with Crippen LogP contribution in [-0.2, 0) is 24.9 Å². The van der Waals surface area contributed by atoms with E-state index >= 15 is 0 Å². The van der Waals surface area contributed by atoms with Crippen molar-refractivity contribution < 1.29 is 31.8 Å². The van der Waals surface area contributed by atoms with E-state index in [1.165, 1.54) is 0 Å². The van der Waals surface area contributed by atoms with Gasteiger partial charge in [-0.3, -0.25) is 0 Å². The second-order valence-electron chi connectivity index (χ2n) is 8.45. The number of hydrogen-bond donors (Lipinski definition) is 2. The molecular formula is C20H23F5N4O2. The van der Waals surface area contributed by atoms with E-state index in [1.54, 1.807) is 13.8 Å². The number of aliphatic hydroxyl groups excluding tert-OH is 1. The van der Waals surface area contributed by atoms with Crippen LogP contribution in [0.4, 0.5) is 27.8 Å². The number of anilines is 1. The van der Waals surface area contributed by atoms with Gasteiger partial charge in [0.15, 0.2) is 12.4 Å². The molecule has 2 atom stereocenters. The number of pyridine rings is 1. The lowest BCUT2D eigenvalue weighted by Gasteiger charge is -2.49. The summed E-state index contributed by atoms with van der Waals surface area (Å²) in [6, 6.07) is 0.595. The molecular weight excluding hydrogens is 423 g/mol. The molecule has 170 valence electrons. The number of aliphatic hydroxyl groups is 1. The van der Waals surface area contributed by atoms with Gasteiger partial charge in [-0.2, -0.15) is 17.9 Å². The van der Waals surface area contributed by atoms with Gasteiger partial charge < -0.3 is 15.6 Å². The highest BCUT2D eigenvalue weighted by Gasteiger charge is 2.48. The molecule has 0 unspecified atom stereocenters. The molecule has 0 bridgehead atoms. The monoisotopic (exact) mass is 446 g/mol. The molecule has 2 heterocycles. The molecule has 2 N–H and O–H groups in total. The predicted octanol–water partition coefficient (Wildman–Crippen LogP) is 3.60. The van der Waals surface area contributed by atoms with Crippen LogP contribution in [0.3, 0.4) is 0 Å². The minimum absolute atomic E-state index is 0.0137. The van der Waals surface area contributed by atoms with Crippen LogP contribution in [-0.4, -0.2) is 27.2 Å². The molecule has 2 aromatic rings. The topological polar surface area (TPSA) is 85.0 Å². The zero-order valence-electron chi connectivity index (χ0n) is 17.2. The van der Waals surface area contributed by atoms with E-state index < -0.39 is 41.0 Å². The summed E-state index contributed by atoms with van der Waals surface area (Å²) in [4.78, 5) is 7.73. The van der Waals surface area contributed by atoms with Gasteiger partial charge in [-0.05, 0) is 12.8 Å². The molecule has 1 aliphatic rings. The summed E-state index contributed by atoms with van der Waals surface area (Å²) in [5.74, 6) is -3.59. The number of nitrogens with zero attached hydrogens (tertiary/aromatic N) is 3. The van der Waals surface area contributed by atoms with E-state index in [9.17, 15) is 32.3 Å². The number of halogens is 5. The Morgan fingerprint density at radius 2 is 1.90 bits per heavy atom. The number of rotatable bonds is 6. The van der Waals surface area contributed by atoms with Gasteiger partial charge in [0.2, 0.25) is 0 Å². The first-order valence-electron chi connectivity index (χ1n) is 9.67. The van der Waals surface area contributed by atoms with Crippen LogP contribution in [0.1, 0.15) is 49.7 Å². The van der Waals surface area contributed by atoms with E-state index in [4.69, 9.17) is 0 Å². The lowest BCUT2D eigenvalue weighted by Crippen LogP contribution is -2.57. The highest BCUT2D eigenvalue weighted by molar-refractivity contribution is 5.47. The van der Waals surface area contributed by atoms with Crippen molar-refractivity contribution in [3.63, 3.8) is 0 Å². The summed E-state index contributed by atoms with van der Waals surface area (Å²) >= 11 is 0. The fourth-order valence-corrected chi connectivity index (χ4v) is 3.56.